The molecular formula is C14H27N3. The van der Waals surface area contributed by atoms with Crippen molar-refractivity contribution in [2.24, 2.45) is 11.3 Å². The minimum absolute atomic E-state index is 0.267. The van der Waals surface area contributed by atoms with Crippen LogP contribution in [-0.2, 0) is 12.8 Å². The molecule has 0 aliphatic heterocycles. The molecule has 0 unspecified atom stereocenters. The van der Waals surface area contributed by atoms with Crippen molar-refractivity contribution in [2.75, 3.05) is 0 Å². The van der Waals surface area contributed by atoms with Gasteiger partial charge in [-0.2, -0.15) is 15.0 Å². The van der Waals surface area contributed by atoms with Gasteiger partial charge in [-0.25, -0.2) is 0 Å². The van der Waals surface area contributed by atoms with E-state index in [2.05, 4.69) is 58.7 Å². The SMILES string of the molecule is CC(C)Cc1nn(C(C)C)nc1CC(C)(C)C. The number of hydrogen-bond acceptors (Lipinski definition) is 2. The van der Waals surface area contributed by atoms with Gasteiger partial charge in [-0.1, -0.05) is 34.6 Å². The number of hydrogen-bond donors (Lipinski definition) is 0. The Morgan fingerprint density at radius 1 is 1.00 bits per heavy atom. The van der Waals surface area contributed by atoms with Crippen molar-refractivity contribution >= 4 is 0 Å². The van der Waals surface area contributed by atoms with Gasteiger partial charge in [-0.05, 0) is 38.0 Å². The predicted octanol–water partition coefficient (Wildman–Crippen LogP) is 3.65. The summed E-state index contributed by atoms with van der Waals surface area (Å²) in [4.78, 5) is 1.86. The van der Waals surface area contributed by atoms with Gasteiger partial charge in [0, 0.05) is 0 Å². The first-order valence-corrected chi connectivity index (χ1v) is 6.63. The van der Waals surface area contributed by atoms with Crippen molar-refractivity contribution in [3.05, 3.63) is 11.4 Å². The summed E-state index contributed by atoms with van der Waals surface area (Å²) in [6.45, 7) is 15.5. The molecule has 0 N–H and O–H groups in total. The first-order chi connectivity index (χ1) is 7.69. The monoisotopic (exact) mass is 237 g/mol. The molecule has 3 heteroatoms. The molecule has 0 aromatic carbocycles. The molecule has 98 valence electrons. The lowest BCUT2D eigenvalue weighted by Crippen LogP contribution is -2.12. The Balaban J connectivity index is 2.99. The van der Waals surface area contributed by atoms with Crippen LogP contribution in [0, 0.1) is 11.3 Å². The highest BCUT2D eigenvalue weighted by atomic mass is 15.5. The predicted molar refractivity (Wildman–Crippen MR) is 72.1 cm³/mol. The molecule has 0 radical (unpaired) electrons. The second kappa shape index (κ2) is 5.19. The van der Waals surface area contributed by atoms with E-state index in [0.717, 1.165) is 12.8 Å². The Hall–Kier alpha value is -0.860. The summed E-state index contributed by atoms with van der Waals surface area (Å²) in [6.07, 6.45) is 2.03. The summed E-state index contributed by atoms with van der Waals surface area (Å²) in [5, 5.41) is 9.29. The molecule has 0 bridgehead atoms. The van der Waals surface area contributed by atoms with E-state index < -0.39 is 0 Å². The first kappa shape index (κ1) is 14.2. The van der Waals surface area contributed by atoms with Gasteiger partial charge in [0.2, 0.25) is 0 Å². The molecule has 0 aliphatic rings. The third kappa shape index (κ3) is 4.49. The van der Waals surface area contributed by atoms with Crippen LogP contribution in [0.25, 0.3) is 0 Å². The molecule has 0 aliphatic carbocycles. The third-order valence-corrected chi connectivity index (χ3v) is 2.54. The Morgan fingerprint density at radius 3 is 1.94 bits per heavy atom. The van der Waals surface area contributed by atoms with Crippen LogP contribution in [0.2, 0.25) is 0 Å². The third-order valence-electron chi connectivity index (χ3n) is 2.54. The Kier molecular flexibility index (Phi) is 4.34. The fourth-order valence-corrected chi connectivity index (χ4v) is 1.80. The van der Waals surface area contributed by atoms with E-state index >= 15 is 0 Å². The fraction of sp³-hybridized carbons (Fsp3) is 0.857. The average molecular weight is 237 g/mol. The van der Waals surface area contributed by atoms with Crippen molar-refractivity contribution in [1.29, 1.82) is 0 Å². The normalized spacial score (nSPS) is 12.8. The molecule has 0 amide bonds. The number of rotatable bonds is 4. The van der Waals surface area contributed by atoms with Gasteiger partial charge >= 0.3 is 0 Å². The zero-order chi connectivity index (χ0) is 13.2. The molecule has 1 aromatic rings. The van der Waals surface area contributed by atoms with Crippen LogP contribution >= 0.6 is 0 Å². The second-order valence-corrected chi connectivity index (χ2v) is 6.84. The van der Waals surface area contributed by atoms with E-state index in [1.54, 1.807) is 0 Å². The quantitative estimate of drug-likeness (QED) is 0.800. The minimum Gasteiger partial charge on any atom is -0.182 e. The van der Waals surface area contributed by atoms with Gasteiger partial charge in [0.15, 0.2) is 0 Å². The Labute approximate surface area is 106 Å². The lowest BCUT2D eigenvalue weighted by molar-refractivity contribution is 0.397. The summed E-state index contributed by atoms with van der Waals surface area (Å²) >= 11 is 0. The lowest BCUT2D eigenvalue weighted by Gasteiger charge is -2.16. The lowest BCUT2D eigenvalue weighted by atomic mass is 9.89. The fourth-order valence-electron chi connectivity index (χ4n) is 1.80. The van der Waals surface area contributed by atoms with Gasteiger partial charge in [-0.3, -0.25) is 0 Å². The van der Waals surface area contributed by atoms with E-state index in [1.165, 1.54) is 11.4 Å². The summed E-state index contributed by atoms with van der Waals surface area (Å²) in [5.41, 5.74) is 2.63. The zero-order valence-corrected chi connectivity index (χ0v) is 12.4. The molecule has 0 spiro atoms. The molecule has 0 fully saturated rings. The summed E-state index contributed by atoms with van der Waals surface area (Å²) in [6, 6.07) is 0.342. The summed E-state index contributed by atoms with van der Waals surface area (Å²) < 4.78 is 0. The minimum atomic E-state index is 0.267. The van der Waals surface area contributed by atoms with Crippen LogP contribution in [0.15, 0.2) is 0 Å². The van der Waals surface area contributed by atoms with Gasteiger partial charge in [0.25, 0.3) is 0 Å². The highest BCUT2D eigenvalue weighted by Crippen LogP contribution is 2.22. The topological polar surface area (TPSA) is 30.7 Å². The van der Waals surface area contributed by atoms with Gasteiger partial charge in [0.1, 0.15) is 0 Å². The maximum Gasteiger partial charge on any atom is 0.0864 e. The molecule has 0 saturated heterocycles. The zero-order valence-electron chi connectivity index (χ0n) is 12.4. The van der Waals surface area contributed by atoms with Crippen LogP contribution in [0.1, 0.15) is 65.9 Å². The van der Waals surface area contributed by atoms with Crippen LogP contribution in [0.4, 0.5) is 0 Å². The summed E-state index contributed by atoms with van der Waals surface area (Å²) in [5.74, 6) is 0.631. The van der Waals surface area contributed by atoms with Crippen molar-refractivity contribution in [1.82, 2.24) is 15.0 Å². The molecule has 0 saturated carbocycles. The molecule has 1 rings (SSSR count). The molecular weight excluding hydrogens is 210 g/mol. The van der Waals surface area contributed by atoms with Gasteiger partial charge in [0.05, 0.1) is 17.4 Å². The van der Waals surface area contributed by atoms with Crippen LogP contribution < -0.4 is 0 Å². The number of nitrogens with zero attached hydrogens (tertiary/aromatic N) is 3. The van der Waals surface area contributed by atoms with E-state index in [4.69, 9.17) is 0 Å². The van der Waals surface area contributed by atoms with Gasteiger partial charge < -0.3 is 0 Å². The number of aromatic nitrogens is 3. The molecule has 3 nitrogen and oxygen atoms in total. The van der Waals surface area contributed by atoms with Crippen LogP contribution in [0.3, 0.4) is 0 Å². The van der Waals surface area contributed by atoms with Crippen LogP contribution in [-0.4, -0.2) is 15.0 Å². The molecule has 0 atom stereocenters. The van der Waals surface area contributed by atoms with E-state index in [9.17, 15) is 0 Å². The van der Waals surface area contributed by atoms with Crippen molar-refractivity contribution in [3.8, 4) is 0 Å². The van der Waals surface area contributed by atoms with Crippen molar-refractivity contribution < 1.29 is 0 Å². The van der Waals surface area contributed by atoms with E-state index in [0.29, 0.717) is 12.0 Å². The largest absolute Gasteiger partial charge is 0.182 e. The highest BCUT2D eigenvalue weighted by Gasteiger charge is 2.20. The van der Waals surface area contributed by atoms with Crippen LogP contribution in [0.5, 0.6) is 0 Å². The average Bonchev–Trinajstić information content (AvgIpc) is 2.44. The first-order valence-electron chi connectivity index (χ1n) is 6.63. The van der Waals surface area contributed by atoms with Crippen molar-refractivity contribution in [3.63, 3.8) is 0 Å². The molecule has 1 aromatic heterocycles. The highest BCUT2D eigenvalue weighted by molar-refractivity contribution is 5.11. The maximum atomic E-state index is 4.65. The van der Waals surface area contributed by atoms with Gasteiger partial charge in [-0.15, -0.1) is 0 Å². The van der Waals surface area contributed by atoms with E-state index in [1.807, 2.05) is 4.80 Å². The van der Waals surface area contributed by atoms with E-state index in [-0.39, 0.29) is 5.41 Å². The molecule has 1 heterocycles. The second-order valence-electron chi connectivity index (χ2n) is 6.84. The molecule has 17 heavy (non-hydrogen) atoms. The van der Waals surface area contributed by atoms with Crippen molar-refractivity contribution in [2.45, 2.75) is 67.3 Å². The Morgan fingerprint density at radius 2 is 1.53 bits per heavy atom. The smallest absolute Gasteiger partial charge is 0.0864 e. The Bertz CT molecular complexity index is 356. The summed E-state index contributed by atoms with van der Waals surface area (Å²) in [7, 11) is 0. The standard InChI is InChI=1S/C14H27N3/c1-10(2)8-12-13(9-14(5,6)7)16-17(15-12)11(3)4/h10-11H,8-9H2,1-7H3. The maximum absolute atomic E-state index is 4.65.